The maximum atomic E-state index is 5.87. The molecule has 19 heavy (non-hydrogen) atoms. The Bertz CT molecular complexity index is 252. The molecule has 1 fully saturated rings. The van der Waals surface area contributed by atoms with E-state index in [4.69, 9.17) is 11.2 Å². The molecule has 2 nitrogen and oxygen atoms in total. The van der Waals surface area contributed by atoms with Crippen molar-refractivity contribution in [1.82, 2.24) is 5.32 Å². The third kappa shape index (κ3) is 5.97. The van der Waals surface area contributed by atoms with Crippen molar-refractivity contribution in [3.63, 3.8) is 0 Å². The minimum absolute atomic E-state index is 0.365. The highest BCUT2D eigenvalue weighted by atomic mass is 16.5. The summed E-state index contributed by atoms with van der Waals surface area (Å²) < 4.78 is 5.87. The van der Waals surface area contributed by atoms with Crippen LogP contribution >= 0.6 is 0 Å². The van der Waals surface area contributed by atoms with Crippen molar-refractivity contribution in [2.24, 2.45) is 5.92 Å². The normalized spacial score (nSPS) is 19.8. The van der Waals surface area contributed by atoms with E-state index in [1.165, 1.54) is 38.5 Å². The highest BCUT2D eigenvalue weighted by Gasteiger charge is 2.29. The van der Waals surface area contributed by atoms with Crippen LogP contribution in [0.3, 0.4) is 0 Å². The van der Waals surface area contributed by atoms with E-state index < -0.39 is 0 Å². The lowest BCUT2D eigenvalue weighted by atomic mass is 9.81. The minimum Gasteiger partial charge on any atom is -0.380 e. The molecule has 1 N–H and O–H groups in total. The summed E-state index contributed by atoms with van der Waals surface area (Å²) in [6.07, 6.45) is 16.8. The average Bonchev–Trinajstić information content (AvgIpc) is 2.46. The summed E-state index contributed by atoms with van der Waals surface area (Å²) >= 11 is 0. The van der Waals surface area contributed by atoms with Crippen LogP contribution in [0.4, 0.5) is 0 Å². The number of methoxy groups -OCH3 is 1. The molecule has 0 bridgehead atoms. The molecule has 2 unspecified atom stereocenters. The van der Waals surface area contributed by atoms with Gasteiger partial charge in [0.2, 0.25) is 0 Å². The van der Waals surface area contributed by atoms with Crippen LogP contribution in [0, 0.1) is 18.3 Å². The molecule has 0 aromatic heterocycles. The third-order valence-corrected chi connectivity index (χ3v) is 4.28. The van der Waals surface area contributed by atoms with Crippen LogP contribution in [-0.4, -0.2) is 25.8 Å². The van der Waals surface area contributed by atoms with Crippen LogP contribution in [-0.2, 0) is 4.74 Å². The van der Waals surface area contributed by atoms with Gasteiger partial charge in [-0.3, -0.25) is 0 Å². The van der Waals surface area contributed by atoms with Crippen molar-refractivity contribution >= 4 is 0 Å². The van der Waals surface area contributed by atoms with E-state index in [2.05, 4.69) is 18.2 Å². The molecule has 110 valence electrons. The fourth-order valence-electron chi connectivity index (χ4n) is 3.28. The Morgan fingerprint density at radius 2 is 2.05 bits per heavy atom. The Morgan fingerprint density at radius 3 is 2.63 bits per heavy atom. The molecule has 2 atom stereocenters. The second-order valence-electron chi connectivity index (χ2n) is 5.76. The van der Waals surface area contributed by atoms with Crippen molar-refractivity contribution in [3.05, 3.63) is 0 Å². The summed E-state index contributed by atoms with van der Waals surface area (Å²) in [5.74, 6) is 3.48. The summed E-state index contributed by atoms with van der Waals surface area (Å²) in [6, 6.07) is 0.474. The molecule has 0 heterocycles. The summed E-state index contributed by atoms with van der Waals surface area (Å²) in [4.78, 5) is 0. The minimum atomic E-state index is 0.365. The number of terminal acetylenes is 1. The molecule has 2 heteroatoms. The van der Waals surface area contributed by atoms with Crippen LogP contribution in [0.1, 0.15) is 64.7 Å². The van der Waals surface area contributed by atoms with Gasteiger partial charge in [-0.2, -0.15) is 0 Å². The van der Waals surface area contributed by atoms with Gasteiger partial charge >= 0.3 is 0 Å². The van der Waals surface area contributed by atoms with Gasteiger partial charge in [0.1, 0.15) is 0 Å². The summed E-state index contributed by atoms with van der Waals surface area (Å²) in [5, 5.41) is 3.68. The van der Waals surface area contributed by atoms with E-state index in [9.17, 15) is 0 Å². The Hall–Kier alpha value is -0.520. The Balaban J connectivity index is 2.53. The first-order valence-electron chi connectivity index (χ1n) is 8.03. The third-order valence-electron chi connectivity index (χ3n) is 4.28. The van der Waals surface area contributed by atoms with Crippen molar-refractivity contribution in [3.8, 4) is 12.3 Å². The average molecular weight is 265 g/mol. The maximum Gasteiger partial charge on any atom is 0.0752 e. The van der Waals surface area contributed by atoms with Gasteiger partial charge in [0, 0.05) is 19.6 Å². The molecular weight excluding hydrogens is 234 g/mol. The van der Waals surface area contributed by atoms with Gasteiger partial charge < -0.3 is 10.1 Å². The smallest absolute Gasteiger partial charge is 0.0752 e. The zero-order valence-electron chi connectivity index (χ0n) is 12.8. The number of unbranched alkanes of at least 4 members (excludes halogenated alkanes) is 1. The standard InChI is InChI=1S/C17H31NO/c1-4-6-8-13-16(18-14-5-2)17(19-3)15-11-9-7-10-12-15/h1,15-18H,5-14H2,2-3H3. The van der Waals surface area contributed by atoms with Crippen LogP contribution < -0.4 is 5.32 Å². The van der Waals surface area contributed by atoms with Crippen molar-refractivity contribution in [2.45, 2.75) is 76.9 Å². The monoisotopic (exact) mass is 265 g/mol. The molecule has 1 aliphatic rings. The van der Waals surface area contributed by atoms with E-state index in [1.807, 2.05) is 7.11 Å². The largest absolute Gasteiger partial charge is 0.380 e. The lowest BCUT2D eigenvalue weighted by molar-refractivity contribution is 0.00577. The maximum absolute atomic E-state index is 5.87. The fraction of sp³-hybridized carbons (Fsp3) is 0.882. The first-order chi connectivity index (χ1) is 9.33. The lowest BCUT2D eigenvalue weighted by Crippen LogP contribution is -2.45. The highest BCUT2D eigenvalue weighted by molar-refractivity contribution is 4.88. The zero-order chi connectivity index (χ0) is 13.9. The molecule has 0 spiro atoms. The van der Waals surface area contributed by atoms with E-state index in [0.29, 0.717) is 12.1 Å². The molecule has 1 aliphatic carbocycles. The predicted molar refractivity (Wildman–Crippen MR) is 82.1 cm³/mol. The molecular formula is C17H31NO. The van der Waals surface area contributed by atoms with Crippen molar-refractivity contribution in [1.29, 1.82) is 0 Å². The lowest BCUT2D eigenvalue weighted by Gasteiger charge is -2.35. The first-order valence-corrected chi connectivity index (χ1v) is 8.03. The molecule has 0 radical (unpaired) electrons. The number of hydrogen-bond acceptors (Lipinski definition) is 2. The van der Waals surface area contributed by atoms with Gasteiger partial charge in [0.25, 0.3) is 0 Å². The second-order valence-corrected chi connectivity index (χ2v) is 5.76. The van der Waals surface area contributed by atoms with Gasteiger partial charge in [-0.1, -0.05) is 26.2 Å². The summed E-state index contributed by atoms with van der Waals surface area (Å²) in [6.45, 7) is 3.29. The van der Waals surface area contributed by atoms with E-state index in [1.54, 1.807) is 0 Å². The predicted octanol–water partition coefficient (Wildman–Crippen LogP) is 3.75. The van der Waals surface area contributed by atoms with Gasteiger partial charge in [-0.25, -0.2) is 0 Å². The molecule has 1 rings (SSSR count). The summed E-state index contributed by atoms with van der Waals surface area (Å²) in [5.41, 5.74) is 0. The van der Waals surface area contributed by atoms with Crippen LogP contribution in [0.15, 0.2) is 0 Å². The van der Waals surface area contributed by atoms with Crippen LogP contribution in [0.25, 0.3) is 0 Å². The Labute approximate surface area is 119 Å². The topological polar surface area (TPSA) is 21.3 Å². The van der Waals surface area contributed by atoms with Gasteiger partial charge in [-0.05, 0) is 44.6 Å². The first kappa shape index (κ1) is 16.5. The van der Waals surface area contributed by atoms with Gasteiger partial charge in [-0.15, -0.1) is 12.3 Å². The second kappa shape index (κ2) is 10.3. The molecule has 0 aromatic carbocycles. The summed E-state index contributed by atoms with van der Waals surface area (Å²) in [7, 11) is 1.88. The van der Waals surface area contributed by atoms with E-state index in [-0.39, 0.29) is 0 Å². The SMILES string of the molecule is C#CCCCC(NCCC)C(OC)C1CCCCC1. The van der Waals surface area contributed by atoms with Crippen molar-refractivity contribution < 1.29 is 4.74 Å². The van der Waals surface area contributed by atoms with Crippen molar-refractivity contribution in [2.75, 3.05) is 13.7 Å². The fourth-order valence-corrected chi connectivity index (χ4v) is 3.28. The van der Waals surface area contributed by atoms with Gasteiger partial charge in [0.15, 0.2) is 0 Å². The number of rotatable bonds is 9. The van der Waals surface area contributed by atoms with Crippen LogP contribution in [0.2, 0.25) is 0 Å². The molecule has 0 aliphatic heterocycles. The Morgan fingerprint density at radius 1 is 1.32 bits per heavy atom. The highest BCUT2D eigenvalue weighted by Crippen LogP contribution is 2.30. The molecule has 0 saturated heterocycles. The van der Waals surface area contributed by atoms with Gasteiger partial charge in [0.05, 0.1) is 6.10 Å². The quantitative estimate of drug-likeness (QED) is 0.506. The van der Waals surface area contributed by atoms with Crippen LogP contribution in [0.5, 0.6) is 0 Å². The number of ether oxygens (including phenoxy) is 1. The number of hydrogen-bond donors (Lipinski definition) is 1. The van der Waals surface area contributed by atoms with E-state index in [0.717, 1.165) is 31.7 Å². The number of nitrogens with one attached hydrogen (secondary N) is 1. The zero-order valence-corrected chi connectivity index (χ0v) is 12.8. The molecule has 0 amide bonds. The van der Waals surface area contributed by atoms with E-state index >= 15 is 0 Å². The Kier molecular flexibility index (Phi) is 8.95. The molecule has 0 aromatic rings. The molecule has 1 saturated carbocycles.